The standard InChI is InChI=1S/C16H23NO4/c18-9-12-4-2-1-3-7-17(12)15(19)13-10-5-6-11(8-10)14(13)16(20)21/h5-6,10-14,18H,1-4,7-9H2,(H,20,21). The fourth-order valence-corrected chi connectivity index (χ4v) is 4.34. The molecule has 5 unspecified atom stereocenters. The molecule has 0 radical (unpaired) electrons. The molecule has 2 aliphatic carbocycles. The van der Waals surface area contributed by atoms with Crippen LogP contribution in [0.2, 0.25) is 0 Å². The molecule has 1 saturated carbocycles. The van der Waals surface area contributed by atoms with E-state index in [0.717, 1.165) is 32.1 Å². The Morgan fingerprint density at radius 1 is 1.10 bits per heavy atom. The molecule has 1 heterocycles. The number of allylic oxidation sites excluding steroid dienone is 2. The van der Waals surface area contributed by atoms with E-state index in [2.05, 4.69) is 0 Å². The molecule has 116 valence electrons. The Morgan fingerprint density at radius 3 is 2.48 bits per heavy atom. The highest BCUT2D eigenvalue weighted by atomic mass is 16.4. The number of carboxylic acids is 1. The number of carboxylic acid groups (broad SMARTS) is 1. The van der Waals surface area contributed by atoms with Crippen LogP contribution in [-0.4, -0.2) is 46.2 Å². The molecule has 5 nitrogen and oxygen atoms in total. The average molecular weight is 293 g/mol. The number of hydrogen-bond acceptors (Lipinski definition) is 3. The summed E-state index contributed by atoms with van der Waals surface area (Å²) in [6, 6.07) is -0.141. The number of rotatable bonds is 3. The maximum atomic E-state index is 12.9. The van der Waals surface area contributed by atoms with Gasteiger partial charge in [0.2, 0.25) is 5.91 Å². The van der Waals surface area contributed by atoms with Crippen molar-refractivity contribution in [3.63, 3.8) is 0 Å². The molecule has 3 rings (SSSR count). The second kappa shape index (κ2) is 5.79. The average Bonchev–Trinajstić information content (AvgIpc) is 2.99. The van der Waals surface area contributed by atoms with Crippen molar-refractivity contribution < 1.29 is 19.8 Å². The van der Waals surface area contributed by atoms with Crippen LogP contribution in [0.1, 0.15) is 32.1 Å². The number of aliphatic carboxylic acids is 1. The van der Waals surface area contributed by atoms with E-state index in [1.165, 1.54) is 0 Å². The van der Waals surface area contributed by atoms with Gasteiger partial charge in [-0.25, -0.2) is 0 Å². The quantitative estimate of drug-likeness (QED) is 0.768. The molecule has 5 heteroatoms. The van der Waals surface area contributed by atoms with Gasteiger partial charge >= 0.3 is 5.97 Å². The summed E-state index contributed by atoms with van der Waals surface area (Å²) in [7, 11) is 0. The van der Waals surface area contributed by atoms with Gasteiger partial charge in [0.1, 0.15) is 0 Å². The number of nitrogens with zero attached hydrogens (tertiary/aromatic N) is 1. The third-order valence-corrected chi connectivity index (χ3v) is 5.40. The molecule has 0 aromatic rings. The van der Waals surface area contributed by atoms with Crippen LogP contribution < -0.4 is 0 Å². The number of aliphatic hydroxyl groups is 1. The lowest BCUT2D eigenvalue weighted by atomic mass is 9.82. The number of aliphatic hydroxyl groups excluding tert-OH is 1. The molecule has 5 atom stereocenters. The molecular weight excluding hydrogens is 270 g/mol. The third kappa shape index (κ3) is 2.48. The zero-order valence-corrected chi connectivity index (χ0v) is 12.1. The van der Waals surface area contributed by atoms with Gasteiger partial charge in [0, 0.05) is 6.54 Å². The highest BCUT2D eigenvalue weighted by molar-refractivity contribution is 5.87. The summed E-state index contributed by atoms with van der Waals surface area (Å²) in [6.45, 7) is 0.619. The minimum atomic E-state index is -0.861. The Morgan fingerprint density at radius 2 is 1.81 bits per heavy atom. The summed E-state index contributed by atoms with van der Waals surface area (Å²) in [5.74, 6) is -1.88. The number of likely N-dealkylation sites (tertiary alicyclic amines) is 1. The van der Waals surface area contributed by atoms with Crippen molar-refractivity contribution in [1.82, 2.24) is 4.90 Å². The highest BCUT2D eigenvalue weighted by Gasteiger charge is 2.53. The predicted molar refractivity (Wildman–Crippen MR) is 76.4 cm³/mol. The summed E-state index contributed by atoms with van der Waals surface area (Å²) < 4.78 is 0. The molecule has 0 aromatic carbocycles. The van der Waals surface area contributed by atoms with Crippen LogP contribution in [0.3, 0.4) is 0 Å². The number of amides is 1. The highest BCUT2D eigenvalue weighted by Crippen LogP contribution is 2.49. The van der Waals surface area contributed by atoms with E-state index in [9.17, 15) is 19.8 Å². The largest absolute Gasteiger partial charge is 0.481 e. The molecule has 0 aromatic heterocycles. The SMILES string of the molecule is O=C(O)C1C2C=CC(C2)C1C(=O)N1CCCCCC1CO. The van der Waals surface area contributed by atoms with Crippen LogP contribution >= 0.6 is 0 Å². The van der Waals surface area contributed by atoms with Gasteiger partial charge in [-0.1, -0.05) is 25.0 Å². The van der Waals surface area contributed by atoms with E-state index in [4.69, 9.17) is 0 Å². The first-order valence-corrected chi connectivity index (χ1v) is 7.96. The molecule has 2 fully saturated rings. The molecule has 3 aliphatic rings. The van der Waals surface area contributed by atoms with Crippen LogP contribution in [0.5, 0.6) is 0 Å². The van der Waals surface area contributed by atoms with Crippen molar-refractivity contribution in [1.29, 1.82) is 0 Å². The van der Waals surface area contributed by atoms with Crippen molar-refractivity contribution in [2.24, 2.45) is 23.7 Å². The second-order valence-corrected chi connectivity index (χ2v) is 6.56. The van der Waals surface area contributed by atoms with Gasteiger partial charge in [-0.3, -0.25) is 9.59 Å². The third-order valence-electron chi connectivity index (χ3n) is 5.40. The van der Waals surface area contributed by atoms with E-state index in [-0.39, 0.29) is 30.4 Å². The first-order valence-electron chi connectivity index (χ1n) is 7.96. The van der Waals surface area contributed by atoms with Gasteiger partial charge in [0.05, 0.1) is 24.5 Å². The molecule has 2 bridgehead atoms. The normalized spacial score (nSPS) is 38.5. The van der Waals surface area contributed by atoms with E-state index < -0.39 is 17.8 Å². The Bertz CT molecular complexity index is 461. The van der Waals surface area contributed by atoms with Gasteiger partial charge in [0.15, 0.2) is 0 Å². The molecule has 1 amide bonds. The van der Waals surface area contributed by atoms with Gasteiger partial charge in [0.25, 0.3) is 0 Å². The van der Waals surface area contributed by atoms with Crippen molar-refractivity contribution in [2.75, 3.05) is 13.2 Å². The number of carbonyl (C=O) groups is 2. The van der Waals surface area contributed by atoms with Crippen molar-refractivity contribution in [2.45, 2.75) is 38.1 Å². The van der Waals surface area contributed by atoms with Gasteiger partial charge < -0.3 is 15.1 Å². The first kappa shape index (κ1) is 14.6. The van der Waals surface area contributed by atoms with Crippen molar-refractivity contribution in [3.8, 4) is 0 Å². The van der Waals surface area contributed by atoms with Crippen molar-refractivity contribution >= 4 is 11.9 Å². The number of hydrogen-bond donors (Lipinski definition) is 2. The van der Waals surface area contributed by atoms with E-state index in [0.29, 0.717) is 6.54 Å². The van der Waals surface area contributed by atoms with Crippen molar-refractivity contribution in [3.05, 3.63) is 12.2 Å². The molecule has 1 aliphatic heterocycles. The summed E-state index contributed by atoms with van der Waals surface area (Å²) in [5, 5.41) is 19.0. The summed E-state index contributed by atoms with van der Waals surface area (Å²) in [6.07, 6.45) is 8.60. The summed E-state index contributed by atoms with van der Waals surface area (Å²) >= 11 is 0. The van der Waals surface area contributed by atoms with E-state index >= 15 is 0 Å². The fraction of sp³-hybridized carbons (Fsp3) is 0.750. The molecule has 0 spiro atoms. The maximum absolute atomic E-state index is 12.9. The van der Waals surface area contributed by atoms with Gasteiger partial charge in [-0.15, -0.1) is 0 Å². The van der Waals surface area contributed by atoms with Crippen LogP contribution in [0, 0.1) is 23.7 Å². The Hall–Kier alpha value is -1.36. The zero-order chi connectivity index (χ0) is 15.0. The predicted octanol–water partition coefficient (Wildman–Crippen LogP) is 1.27. The summed E-state index contributed by atoms with van der Waals surface area (Å²) in [5.41, 5.74) is 0. The zero-order valence-electron chi connectivity index (χ0n) is 12.1. The van der Waals surface area contributed by atoms with Crippen LogP contribution in [0.4, 0.5) is 0 Å². The van der Waals surface area contributed by atoms with Crippen LogP contribution in [-0.2, 0) is 9.59 Å². The lowest BCUT2D eigenvalue weighted by Gasteiger charge is -2.34. The Kier molecular flexibility index (Phi) is 4.02. The van der Waals surface area contributed by atoms with Crippen LogP contribution in [0.25, 0.3) is 0 Å². The lowest BCUT2D eigenvalue weighted by molar-refractivity contribution is -0.152. The van der Waals surface area contributed by atoms with E-state index in [1.54, 1.807) is 4.90 Å². The molecule has 21 heavy (non-hydrogen) atoms. The van der Waals surface area contributed by atoms with Gasteiger partial charge in [-0.2, -0.15) is 0 Å². The molecule has 1 saturated heterocycles. The molecule has 2 N–H and O–H groups in total. The minimum Gasteiger partial charge on any atom is -0.481 e. The van der Waals surface area contributed by atoms with Gasteiger partial charge in [-0.05, 0) is 31.1 Å². The second-order valence-electron chi connectivity index (χ2n) is 6.56. The number of fused-ring (bicyclic) bond motifs is 2. The Balaban J connectivity index is 1.82. The number of carbonyl (C=O) groups excluding carboxylic acids is 1. The minimum absolute atomic E-state index is 0.000930. The molecular formula is C16H23NO4. The summed E-state index contributed by atoms with van der Waals surface area (Å²) in [4.78, 5) is 26.3. The topological polar surface area (TPSA) is 77.8 Å². The Labute approximate surface area is 124 Å². The smallest absolute Gasteiger partial charge is 0.307 e. The first-order chi connectivity index (χ1) is 10.1. The van der Waals surface area contributed by atoms with Crippen LogP contribution in [0.15, 0.2) is 12.2 Å². The monoisotopic (exact) mass is 293 g/mol. The maximum Gasteiger partial charge on any atom is 0.307 e. The fourth-order valence-electron chi connectivity index (χ4n) is 4.34. The van der Waals surface area contributed by atoms with E-state index in [1.807, 2.05) is 12.2 Å². The lowest BCUT2D eigenvalue weighted by Crippen LogP contribution is -2.48.